The van der Waals surface area contributed by atoms with Crippen LogP contribution >= 0.6 is 0 Å². The van der Waals surface area contributed by atoms with Gasteiger partial charge < -0.3 is 14.6 Å². The highest BCUT2D eigenvalue weighted by atomic mass is 16.5. The van der Waals surface area contributed by atoms with Crippen molar-refractivity contribution >= 4 is 5.97 Å². The van der Waals surface area contributed by atoms with Gasteiger partial charge in [-0.2, -0.15) is 0 Å². The van der Waals surface area contributed by atoms with Gasteiger partial charge in [0.25, 0.3) is 0 Å². The number of benzene rings is 1. The van der Waals surface area contributed by atoms with Crippen molar-refractivity contribution in [2.45, 2.75) is 70.8 Å². The zero-order chi connectivity index (χ0) is 18.1. The second kappa shape index (κ2) is 9.81. The molecule has 1 aliphatic carbocycles. The number of aliphatic hydroxyl groups is 1. The normalized spacial score (nSPS) is 23.2. The standard InChI is InChI=1S/C21H32O4/c1-3-5-6-16-25-20(22)17-11-13-21(23,14-12-17)18-7-9-19(10-8-18)24-15-4-2/h7-10,17,23H,3-6,11-16H2,1-2H3. The van der Waals surface area contributed by atoms with Gasteiger partial charge in [-0.25, -0.2) is 0 Å². The van der Waals surface area contributed by atoms with Crippen LogP contribution in [0.4, 0.5) is 0 Å². The summed E-state index contributed by atoms with van der Waals surface area (Å²) in [4.78, 5) is 12.1. The predicted octanol–water partition coefficient (Wildman–Crippen LogP) is 4.59. The van der Waals surface area contributed by atoms with Crippen molar-refractivity contribution < 1.29 is 19.4 Å². The zero-order valence-corrected chi connectivity index (χ0v) is 15.6. The van der Waals surface area contributed by atoms with Gasteiger partial charge in [-0.1, -0.05) is 38.8 Å². The maximum absolute atomic E-state index is 12.1. The summed E-state index contributed by atoms with van der Waals surface area (Å²) < 4.78 is 11.0. The van der Waals surface area contributed by atoms with Gasteiger partial charge in [0, 0.05) is 0 Å². The van der Waals surface area contributed by atoms with Crippen LogP contribution in [0.1, 0.15) is 70.8 Å². The molecule has 140 valence electrons. The third-order valence-electron chi connectivity index (χ3n) is 5.00. The van der Waals surface area contributed by atoms with Crippen molar-refractivity contribution in [1.82, 2.24) is 0 Å². The Morgan fingerprint density at radius 3 is 2.36 bits per heavy atom. The van der Waals surface area contributed by atoms with E-state index in [-0.39, 0.29) is 11.9 Å². The minimum absolute atomic E-state index is 0.0749. The lowest BCUT2D eigenvalue weighted by atomic mass is 9.75. The number of unbranched alkanes of at least 4 members (excludes halogenated alkanes) is 2. The highest BCUT2D eigenvalue weighted by Crippen LogP contribution is 2.40. The molecule has 25 heavy (non-hydrogen) atoms. The van der Waals surface area contributed by atoms with Gasteiger partial charge in [0.15, 0.2) is 0 Å². The number of carbonyl (C=O) groups excluding carboxylic acids is 1. The monoisotopic (exact) mass is 348 g/mol. The third-order valence-corrected chi connectivity index (χ3v) is 5.00. The van der Waals surface area contributed by atoms with E-state index in [1.807, 2.05) is 24.3 Å². The van der Waals surface area contributed by atoms with Crippen LogP contribution in [0.15, 0.2) is 24.3 Å². The van der Waals surface area contributed by atoms with Gasteiger partial charge in [-0.15, -0.1) is 0 Å². The first-order valence-corrected chi connectivity index (χ1v) is 9.71. The summed E-state index contributed by atoms with van der Waals surface area (Å²) in [6.45, 7) is 5.43. The van der Waals surface area contributed by atoms with Gasteiger partial charge in [0.2, 0.25) is 0 Å². The van der Waals surface area contributed by atoms with E-state index in [1.54, 1.807) is 0 Å². The average molecular weight is 348 g/mol. The van der Waals surface area contributed by atoms with E-state index in [9.17, 15) is 9.90 Å². The molecule has 0 saturated heterocycles. The van der Waals surface area contributed by atoms with E-state index in [4.69, 9.17) is 9.47 Å². The fourth-order valence-electron chi connectivity index (χ4n) is 3.34. The first-order valence-electron chi connectivity index (χ1n) is 9.71. The summed E-state index contributed by atoms with van der Waals surface area (Å²) >= 11 is 0. The molecule has 0 atom stereocenters. The molecule has 1 N–H and O–H groups in total. The van der Waals surface area contributed by atoms with Gasteiger partial charge in [-0.05, 0) is 56.2 Å². The Labute approximate surface area is 151 Å². The van der Waals surface area contributed by atoms with Crippen LogP contribution in [0.2, 0.25) is 0 Å². The molecule has 0 unspecified atom stereocenters. The molecule has 4 heteroatoms. The molecule has 1 aromatic rings. The molecule has 4 nitrogen and oxygen atoms in total. The van der Waals surface area contributed by atoms with E-state index in [2.05, 4.69) is 13.8 Å². The first kappa shape index (κ1) is 19.8. The van der Waals surface area contributed by atoms with E-state index in [1.165, 1.54) is 0 Å². The number of esters is 1. The van der Waals surface area contributed by atoms with Crippen LogP contribution < -0.4 is 4.74 Å². The number of hydrogen-bond acceptors (Lipinski definition) is 4. The maximum Gasteiger partial charge on any atom is 0.308 e. The lowest BCUT2D eigenvalue weighted by Crippen LogP contribution is -2.34. The second-order valence-electron chi connectivity index (χ2n) is 7.05. The van der Waals surface area contributed by atoms with Gasteiger partial charge in [-0.3, -0.25) is 4.79 Å². The minimum atomic E-state index is -0.845. The molecule has 0 amide bonds. The molecule has 1 fully saturated rings. The summed E-state index contributed by atoms with van der Waals surface area (Å²) in [5.74, 6) is 0.661. The van der Waals surface area contributed by atoms with Crippen LogP contribution in [0.25, 0.3) is 0 Å². The van der Waals surface area contributed by atoms with Crippen molar-refractivity contribution in [2.75, 3.05) is 13.2 Å². The molecule has 1 saturated carbocycles. The fraction of sp³-hybridized carbons (Fsp3) is 0.667. The Morgan fingerprint density at radius 2 is 1.76 bits per heavy atom. The molecule has 0 radical (unpaired) electrons. The van der Waals surface area contributed by atoms with Crippen LogP contribution in [-0.2, 0) is 15.1 Å². The van der Waals surface area contributed by atoms with Gasteiger partial charge >= 0.3 is 5.97 Å². The van der Waals surface area contributed by atoms with Crippen LogP contribution in [-0.4, -0.2) is 24.3 Å². The Bertz CT molecular complexity index is 515. The fourth-order valence-corrected chi connectivity index (χ4v) is 3.34. The number of carbonyl (C=O) groups is 1. The number of rotatable bonds is 9. The molecular formula is C21H32O4. The highest BCUT2D eigenvalue weighted by Gasteiger charge is 2.37. The predicted molar refractivity (Wildman–Crippen MR) is 98.6 cm³/mol. The van der Waals surface area contributed by atoms with Crippen molar-refractivity contribution in [2.24, 2.45) is 5.92 Å². The zero-order valence-electron chi connectivity index (χ0n) is 15.6. The van der Waals surface area contributed by atoms with E-state index in [0.29, 0.717) is 38.9 Å². The van der Waals surface area contributed by atoms with Gasteiger partial charge in [0.05, 0.1) is 24.7 Å². The lowest BCUT2D eigenvalue weighted by Gasteiger charge is -2.35. The molecule has 0 aliphatic heterocycles. The molecule has 0 heterocycles. The number of ether oxygens (including phenoxy) is 2. The van der Waals surface area contributed by atoms with Crippen LogP contribution in [0.3, 0.4) is 0 Å². The van der Waals surface area contributed by atoms with Crippen molar-refractivity contribution in [3.63, 3.8) is 0 Å². The molecular weight excluding hydrogens is 316 g/mol. The maximum atomic E-state index is 12.1. The summed E-state index contributed by atoms with van der Waals surface area (Å²) in [6, 6.07) is 7.71. The quantitative estimate of drug-likeness (QED) is 0.524. The van der Waals surface area contributed by atoms with Crippen molar-refractivity contribution in [1.29, 1.82) is 0 Å². The first-order chi connectivity index (χ1) is 12.1. The minimum Gasteiger partial charge on any atom is -0.494 e. The van der Waals surface area contributed by atoms with E-state index >= 15 is 0 Å². The van der Waals surface area contributed by atoms with E-state index in [0.717, 1.165) is 37.0 Å². The Kier molecular flexibility index (Phi) is 7.76. The van der Waals surface area contributed by atoms with Crippen molar-refractivity contribution in [3.05, 3.63) is 29.8 Å². The Hall–Kier alpha value is -1.55. The van der Waals surface area contributed by atoms with E-state index < -0.39 is 5.60 Å². The summed E-state index contributed by atoms with van der Waals surface area (Å²) in [5.41, 5.74) is 0.0635. The largest absolute Gasteiger partial charge is 0.494 e. The smallest absolute Gasteiger partial charge is 0.308 e. The molecule has 0 bridgehead atoms. The molecule has 0 spiro atoms. The summed E-state index contributed by atoms with van der Waals surface area (Å²) in [7, 11) is 0. The van der Waals surface area contributed by atoms with Crippen LogP contribution in [0, 0.1) is 5.92 Å². The molecule has 0 aromatic heterocycles. The lowest BCUT2D eigenvalue weighted by molar-refractivity contribution is -0.152. The molecule has 1 aliphatic rings. The summed E-state index contributed by atoms with van der Waals surface area (Å²) in [6.07, 6.45) is 6.67. The van der Waals surface area contributed by atoms with Gasteiger partial charge in [0.1, 0.15) is 5.75 Å². The number of hydrogen-bond donors (Lipinski definition) is 1. The average Bonchev–Trinajstić information content (AvgIpc) is 2.64. The molecule has 2 rings (SSSR count). The second-order valence-corrected chi connectivity index (χ2v) is 7.05. The topological polar surface area (TPSA) is 55.8 Å². The summed E-state index contributed by atoms with van der Waals surface area (Å²) in [5, 5.41) is 11.0. The Balaban J connectivity index is 1.83. The highest BCUT2D eigenvalue weighted by molar-refractivity contribution is 5.72. The third kappa shape index (κ3) is 5.74. The SMILES string of the molecule is CCCCCOC(=O)C1CCC(O)(c2ccc(OCCC)cc2)CC1. The van der Waals surface area contributed by atoms with Crippen LogP contribution in [0.5, 0.6) is 5.75 Å². The Morgan fingerprint density at radius 1 is 1.08 bits per heavy atom. The molecule has 1 aromatic carbocycles. The van der Waals surface area contributed by atoms with Crippen molar-refractivity contribution in [3.8, 4) is 5.75 Å².